The Bertz CT molecular complexity index is 1120. The number of hydrogen-bond donors (Lipinski definition) is 2. The number of urea groups is 1. The highest BCUT2D eigenvalue weighted by molar-refractivity contribution is 8.00. The summed E-state index contributed by atoms with van der Waals surface area (Å²) < 4.78 is 1.94. The Kier molecular flexibility index (Phi) is 8.37. The van der Waals surface area contributed by atoms with Gasteiger partial charge in [0.1, 0.15) is 6.04 Å². The topological polar surface area (TPSA) is 119 Å². The molecule has 1 aromatic rings. The first-order valence-corrected chi connectivity index (χ1v) is 17.0. The molecule has 2 fully saturated rings. The third-order valence-corrected chi connectivity index (χ3v) is 14.9. The summed E-state index contributed by atoms with van der Waals surface area (Å²) in [6.07, 6.45) is 1.78. The molecule has 2 saturated heterocycles. The molecule has 2 aliphatic rings. The van der Waals surface area contributed by atoms with E-state index in [0.717, 1.165) is 4.90 Å². The number of rotatable bonds is 7. The summed E-state index contributed by atoms with van der Waals surface area (Å²) in [6.45, 7) is 15.0. The molecule has 0 saturated carbocycles. The monoisotopic (exact) mass is 561 g/mol. The highest BCUT2D eigenvalue weighted by Crippen LogP contribution is 2.49. The second-order valence-corrected chi connectivity index (χ2v) is 17.4. The van der Waals surface area contributed by atoms with Crippen LogP contribution >= 0.6 is 11.8 Å². The normalized spacial score (nSPS) is 23.2. The van der Waals surface area contributed by atoms with Crippen molar-refractivity contribution in [1.82, 2.24) is 25.0 Å². The first-order chi connectivity index (χ1) is 17.6. The molecule has 10 nitrogen and oxygen atoms in total. The number of nitrogens with one attached hydrogen (secondary N) is 2. The fourth-order valence-corrected chi connectivity index (χ4v) is 8.45. The van der Waals surface area contributed by atoms with Crippen LogP contribution in [0.3, 0.4) is 0 Å². The van der Waals surface area contributed by atoms with Gasteiger partial charge in [-0.3, -0.25) is 24.1 Å². The number of piperazine rings is 1. The maximum atomic E-state index is 13.7. The Morgan fingerprint density at radius 3 is 2.21 bits per heavy atom. The Morgan fingerprint density at radius 2 is 1.71 bits per heavy atom. The van der Waals surface area contributed by atoms with Crippen LogP contribution in [-0.2, 0) is 19.2 Å². The summed E-state index contributed by atoms with van der Waals surface area (Å²) in [6, 6.07) is 6.35. The number of thioether (sulfide) groups is 1. The van der Waals surface area contributed by atoms with Crippen LogP contribution in [0.2, 0.25) is 18.1 Å². The average molecular weight is 562 g/mol. The minimum atomic E-state index is -2.20. The second-order valence-electron chi connectivity index (χ2n) is 11.2. The summed E-state index contributed by atoms with van der Waals surface area (Å²) >= 11 is 1.27. The number of β-lactam (4-membered cyclic amide) rings is 1. The van der Waals surface area contributed by atoms with Gasteiger partial charge in [-0.05, 0) is 30.7 Å². The van der Waals surface area contributed by atoms with Crippen LogP contribution in [0.4, 0.5) is 4.79 Å². The lowest BCUT2D eigenvalue weighted by molar-refractivity contribution is -0.153. The highest BCUT2D eigenvalue weighted by Gasteiger charge is 2.65. The molecule has 0 bridgehead atoms. The zero-order chi connectivity index (χ0) is 28.6. The smallest absolute Gasteiger partial charge is 0.325 e. The van der Waals surface area contributed by atoms with Gasteiger partial charge in [-0.15, -0.1) is 11.8 Å². The maximum Gasteiger partial charge on any atom is 0.325 e. The maximum absolute atomic E-state index is 13.7. The van der Waals surface area contributed by atoms with Crippen molar-refractivity contribution in [2.45, 2.75) is 69.7 Å². The van der Waals surface area contributed by atoms with Gasteiger partial charge in [0.05, 0.1) is 6.04 Å². The van der Waals surface area contributed by atoms with Crippen molar-refractivity contribution in [3.05, 3.63) is 35.9 Å². The molecule has 38 heavy (non-hydrogen) atoms. The quantitative estimate of drug-likeness (QED) is 0.229. The van der Waals surface area contributed by atoms with E-state index in [9.17, 15) is 24.0 Å². The number of benzene rings is 1. The van der Waals surface area contributed by atoms with Crippen molar-refractivity contribution in [3.8, 4) is 0 Å². The lowest BCUT2D eigenvalue weighted by Gasteiger charge is -2.62. The van der Waals surface area contributed by atoms with Gasteiger partial charge in [-0.1, -0.05) is 64.2 Å². The van der Waals surface area contributed by atoms with Crippen molar-refractivity contribution >= 4 is 49.7 Å². The Hall–Kier alpha value is -2.86. The van der Waals surface area contributed by atoms with Gasteiger partial charge in [0, 0.05) is 19.6 Å². The van der Waals surface area contributed by atoms with E-state index >= 15 is 0 Å². The number of hydrogen-bond acceptors (Lipinski definition) is 6. The van der Waals surface area contributed by atoms with E-state index in [2.05, 4.69) is 44.5 Å². The Morgan fingerprint density at radius 1 is 1.11 bits per heavy atom. The zero-order valence-corrected chi connectivity index (χ0v) is 25.3. The first-order valence-electron chi connectivity index (χ1n) is 12.8. The molecule has 0 aromatic heterocycles. The molecule has 0 radical (unpaired) electrons. The molecule has 1 aromatic carbocycles. The number of carbonyl (C=O) groups is 5. The SMILES string of the molecule is CCN1CCN(C(=O)NC(C(=O)NC2(SC)C(=O)N([Si](C)(C)C(C)(C)C)C2C)c2ccccc2)C(=O)C1=O. The molecule has 12 heteroatoms. The molecule has 2 heterocycles. The van der Waals surface area contributed by atoms with Crippen molar-refractivity contribution in [2.75, 3.05) is 25.9 Å². The van der Waals surface area contributed by atoms with Crippen molar-refractivity contribution in [2.24, 2.45) is 0 Å². The molecule has 3 unspecified atom stereocenters. The molecule has 6 amide bonds. The number of imide groups is 1. The van der Waals surface area contributed by atoms with Gasteiger partial charge in [0.2, 0.25) is 5.91 Å². The Labute approximate surface area is 229 Å². The number of amides is 6. The van der Waals surface area contributed by atoms with Gasteiger partial charge in [-0.25, -0.2) is 4.79 Å². The summed E-state index contributed by atoms with van der Waals surface area (Å²) in [7, 11) is -2.20. The molecule has 3 rings (SSSR count). The third kappa shape index (κ3) is 4.95. The second kappa shape index (κ2) is 10.7. The van der Waals surface area contributed by atoms with E-state index in [1.165, 1.54) is 16.7 Å². The van der Waals surface area contributed by atoms with Crippen LogP contribution in [0.5, 0.6) is 0 Å². The van der Waals surface area contributed by atoms with Crippen LogP contribution in [0, 0.1) is 0 Å². The van der Waals surface area contributed by atoms with E-state index < -0.39 is 42.9 Å². The van der Waals surface area contributed by atoms with Gasteiger partial charge < -0.3 is 20.1 Å². The van der Waals surface area contributed by atoms with E-state index in [1.54, 1.807) is 43.5 Å². The fraction of sp³-hybridized carbons (Fsp3) is 0.577. The number of likely N-dealkylation sites (N-methyl/N-ethyl adjacent to an activating group) is 1. The van der Waals surface area contributed by atoms with Crippen molar-refractivity contribution in [1.29, 1.82) is 0 Å². The first kappa shape index (κ1) is 29.7. The van der Waals surface area contributed by atoms with Crippen LogP contribution < -0.4 is 10.6 Å². The lowest BCUT2D eigenvalue weighted by atomic mass is 9.98. The van der Waals surface area contributed by atoms with Crippen molar-refractivity contribution < 1.29 is 24.0 Å². The minimum Gasteiger partial charge on any atom is -0.360 e. The van der Waals surface area contributed by atoms with Gasteiger partial charge in [0.25, 0.3) is 5.91 Å². The molecule has 2 N–H and O–H groups in total. The fourth-order valence-electron chi connectivity index (χ4n) is 4.79. The van der Waals surface area contributed by atoms with E-state index in [0.29, 0.717) is 12.1 Å². The van der Waals surface area contributed by atoms with E-state index in [-0.39, 0.29) is 30.1 Å². The van der Waals surface area contributed by atoms with Crippen LogP contribution in [0.25, 0.3) is 0 Å². The highest BCUT2D eigenvalue weighted by atomic mass is 32.2. The minimum absolute atomic E-state index is 0.0269. The summed E-state index contributed by atoms with van der Waals surface area (Å²) in [4.78, 5) is 66.5. The predicted octanol–water partition coefficient (Wildman–Crippen LogP) is 2.54. The number of carbonyl (C=O) groups excluding carboxylic acids is 5. The molecular weight excluding hydrogens is 522 g/mol. The number of nitrogens with zero attached hydrogens (tertiary/aromatic N) is 3. The molecule has 0 aliphatic carbocycles. The molecule has 2 aliphatic heterocycles. The molecule has 3 atom stereocenters. The van der Waals surface area contributed by atoms with Crippen molar-refractivity contribution in [3.63, 3.8) is 0 Å². The lowest BCUT2D eigenvalue weighted by Crippen LogP contribution is -2.83. The van der Waals surface area contributed by atoms with E-state index in [1.807, 2.05) is 11.5 Å². The predicted molar refractivity (Wildman–Crippen MR) is 150 cm³/mol. The van der Waals surface area contributed by atoms with Gasteiger partial charge in [-0.2, -0.15) is 0 Å². The summed E-state index contributed by atoms with van der Waals surface area (Å²) in [5.41, 5.74) is 0.487. The van der Waals surface area contributed by atoms with Gasteiger partial charge >= 0.3 is 17.8 Å². The van der Waals surface area contributed by atoms with Crippen LogP contribution in [-0.4, -0.2) is 89.1 Å². The summed E-state index contributed by atoms with van der Waals surface area (Å²) in [5.74, 6) is -2.40. The van der Waals surface area contributed by atoms with Gasteiger partial charge in [0.15, 0.2) is 13.1 Å². The summed E-state index contributed by atoms with van der Waals surface area (Å²) in [5, 5.41) is 5.50. The largest absolute Gasteiger partial charge is 0.360 e. The molecular formula is C26H39N5O5SSi. The van der Waals surface area contributed by atoms with Crippen LogP contribution in [0.1, 0.15) is 46.2 Å². The average Bonchev–Trinajstić information content (AvgIpc) is 2.86. The molecule has 0 spiro atoms. The zero-order valence-electron chi connectivity index (χ0n) is 23.5. The Balaban J connectivity index is 1.86. The van der Waals surface area contributed by atoms with Crippen LogP contribution in [0.15, 0.2) is 30.3 Å². The molecule has 208 valence electrons. The van der Waals surface area contributed by atoms with E-state index in [4.69, 9.17) is 0 Å². The third-order valence-electron chi connectivity index (χ3n) is 8.18. The standard InChI is InChI=1S/C26H39N5O5SSi/c1-9-29-15-16-30(22(34)21(29)33)24(36)27-19(18-13-11-10-12-14-18)20(32)28-26(37-6)17(2)31(23(26)35)38(7,8)25(3,4)5/h10-14,17,19H,9,15-16H2,1-8H3,(H,27,36)(H,28,32).